The smallest absolute Gasteiger partial charge is 0.370 e. The number of allylic oxidation sites excluding steroid dienone is 1. The SMILES string of the molecule is CCCCCCCCCCCCC(C(=O)ON)=C(CCC)[Si](OCC)(OCC)OCC. The van der Waals surface area contributed by atoms with Crippen LogP contribution in [0.2, 0.25) is 0 Å². The number of rotatable bonds is 21. The molecular weight excluding hydrogens is 410 g/mol. The Labute approximate surface area is 192 Å². The topological polar surface area (TPSA) is 80.0 Å². The molecule has 31 heavy (non-hydrogen) atoms. The standard InChI is InChI=1S/C24H49NO5Si/c1-6-11-12-13-14-15-16-17-18-19-21-22(24(26)30-25)23(20-7-2)31(27-8-3,28-9-4)29-10-5/h6-21,25H2,1-5H3. The molecule has 0 fully saturated rings. The molecule has 2 N–H and O–H groups in total. The maximum absolute atomic E-state index is 12.6. The van der Waals surface area contributed by atoms with Crippen LogP contribution in [0.15, 0.2) is 10.8 Å². The lowest BCUT2D eigenvalue weighted by molar-refractivity contribution is -0.139. The summed E-state index contributed by atoms with van der Waals surface area (Å²) in [6.07, 6.45) is 14.6. The lowest BCUT2D eigenvalue weighted by Crippen LogP contribution is -2.49. The molecule has 0 aromatic carbocycles. The minimum Gasteiger partial charge on any atom is -0.370 e. The van der Waals surface area contributed by atoms with Crippen molar-refractivity contribution in [2.45, 2.75) is 118 Å². The first-order valence-corrected chi connectivity index (χ1v) is 14.3. The van der Waals surface area contributed by atoms with Gasteiger partial charge in [-0.3, -0.25) is 0 Å². The molecule has 0 heterocycles. The van der Waals surface area contributed by atoms with Gasteiger partial charge in [-0.25, -0.2) is 4.79 Å². The van der Waals surface area contributed by atoms with Gasteiger partial charge < -0.3 is 18.1 Å². The maximum Gasteiger partial charge on any atom is 0.533 e. The van der Waals surface area contributed by atoms with E-state index in [2.05, 4.69) is 18.7 Å². The fraction of sp³-hybridized carbons (Fsp3) is 0.875. The van der Waals surface area contributed by atoms with Crippen molar-refractivity contribution in [1.29, 1.82) is 0 Å². The summed E-state index contributed by atoms with van der Waals surface area (Å²) >= 11 is 0. The molecule has 6 nitrogen and oxygen atoms in total. The van der Waals surface area contributed by atoms with Crippen molar-refractivity contribution in [2.24, 2.45) is 5.90 Å². The Balaban J connectivity index is 5.17. The van der Waals surface area contributed by atoms with Crippen LogP contribution in [-0.4, -0.2) is 34.6 Å². The van der Waals surface area contributed by atoms with Gasteiger partial charge in [-0.05, 0) is 40.0 Å². The summed E-state index contributed by atoms with van der Waals surface area (Å²) in [5.41, 5.74) is 0.589. The van der Waals surface area contributed by atoms with Gasteiger partial charge in [0.15, 0.2) is 0 Å². The van der Waals surface area contributed by atoms with Gasteiger partial charge in [-0.2, -0.15) is 5.90 Å². The van der Waals surface area contributed by atoms with Crippen LogP contribution in [0.5, 0.6) is 0 Å². The number of hydrogen-bond donors (Lipinski definition) is 1. The zero-order valence-electron chi connectivity index (χ0n) is 20.9. The molecule has 7 heteroatoms. The lowest BCUT2D eigenvalue weighted by Gasteiger charge is -2.32. The molecular formula is C24H49NO5Si. The van der Waals surface area contributed by atoms with Crippen LogP contribution in [-0.2, 0) is 22.9 Å². The Morgan fingerprint density at radius 1 is 0.645 bits per heavy atom. The summed E-state index contributed by atoms with van der Waals surface area (Å²) in [7, 11) is -3.16. The van der Waals surface area contributed by atoms with Gasteiger partial charge in [-0.1, -0.05) is 78.1 Å². The molecule has 0 aliphatic rings. The number of carbonyl (C=O) groups excluding carboxylic acids is 1. The van der Waals surface area contributed by atoms with E-state index < -0.39 is 14.8 Å². The highest BCUT2D eigenvalue weighted by Gasteiger charge is 2.47. The Morgan fingerprint density at radius 3 is 1.48 bits per heavy atom. The van der Waals surface area contributed by atoms with Gasteiger partial charge in [0.25, 0.3) is 0 Å². The Bertz CT molecular complexity index is 468. The Kier molecular flexibility index (Phi) is 19.4. The van der Waals surface area contributed by atoms with Gasteiger partial charge in [-0.15, -0.1) is 0 Å². The van der Waals surface area contributed by atoms with Gasteiger partial charge in [0.2, 0.25) is 0 Å². The van der Waals surface area contributed by atoms with E-state index in [-0.39, 0.29) is 0 Å². The molecule has 0 radical (unpaired) electrons. The van der Waals surface area contributed by atoms with Crippen molar-refractivity contribution in [2.75, 3.05) is 19.8 Å². The van der Waals surface area contributed by atoms with E-state index in [1.165, 1.54) is 51.4 Å². The van der Waals surface area contributed by atoms with Crippen LogP contribution in [0, 0.1) is 0 Å². The number of nitrogens with two attached hydrogens (primary N) is 1. The minimum atomic E-state index is -3.16. The predicted octanol–water partition coefficient (Wildman–Crippen LogP) is 6.40. The lowest BCUT2D eigenvalue weighted by atomic mass is 10.0. The fourth-order valence-corrected chi connectivity index (χ4v) is 7.00. The average molecular weight is 460 g/mol. The van der Waals surface area contributed by atoms with E-state index in [4.69, 9.17) is 19.2 Å². The van der Waals surface area contributed by atoms with Crippen LogP contribution in [0.4, 0.5) is 0 Å². The van der Waals surface area contributed by atoms with Gasteiger partial charge in [0.1, 0.15) is 0 Å². The van der Waals surface area contributed by atoms with E-state index in [0.29, 0.717) is 38.2 Å². The summed E-state index contributed by atoms with van der Waals surface area (Å²) in [6.45, 7) is 11.5. The van der Waals surface area contributed by atoms with Crippen molar-refractivity contribution >= 4 is 14.8 Å². The van der Waals surface area contributed by atoms with Gasteiger partial charge in [0.05, 0.1) is 0 Å². The molecule has 0 atom stereocenters. The van der Waals surface area contributed by atoms with E-state index in [9.17, 15) is 4.79 Å². The molecule has 184 valence electrons. The third kappa shape index (κ3) is 12.2. The van der Waals surface area contributed by atoms with Gasteiger partial charge in [0, 0.05) is 30.6 Å². The molecule has 0 saturated heterocycles. The normalized spacial score (nSPS) is 12.7. The molecule has 0 unspecified atom stereocenters. The Morgan fingerprint density at radius 2 is 1.10 bits per heavy atom. The van der Waals surface area contributed by atoms with E-state index in [1.807, 2.05) is 20.8 Å². The zero-order valence-corrected chi connectivity index (χ0v) is 21.9. The molecule has 0 aromatic rings. The van der Waals surface area contributed by atoms with E-state index >= 15 is 0 Å². The van der Waals surface area contributed by atoms with Crippen molar-refractivity contribution in [3.8, 4) is 0 Å². The van der Waals surface area contributed by atoms with Crippen molar-refractivity contribution in [1.82, 2.24) is 0 Å². The molecule has 0 rings (SSSR count). The first kappa shape index (κ1) is 30.3. The summed E-state index contributed by atoms with van der Waals surface area (Å²) in [5.74, 6) is 4.81. The van der Waals surface area contributed by atoms with Crippen molar-refractivity contribution < 1.29 is 22.9 Å². The maximum atomic E-state index is 12.6. The van der Waals surface area contributed by atoms with Gasteiger partial charge >= 0.3 is 14.8 Å². The Hall–Kier alpha value is -0.733. The average Bonchev–Trinajstić information content (AvgIpc) is 2.76. The number of carbonyl (C=O) groups is 1. The van der Waals surface area contributed by atoms with E-state index in [1.54, 1.807) is 0 Å². The molecule has 0 amide bonds. The van der Waals surface area contributed by atoms with Crippen LogP contribution >= 0.6 is 0 Å². The second kappa shape index (κ2) is 19.9. The quantitative estimate of drug-likeness (QED) is 0.0926. The number of unbranched alkanes of at least 4 members (excludes halogenated alkanes) is 9. The summed E-state index contributed by atoms with van der Waals surface area (Å²) < 4.78 is 18.3. The summed E-state index contributed by atoms with van der Waals surface area (Å²) in [6, 6.07) is 0. The summed E-state index contributed by atoms with van der Waals surface area (Å²) in [5, 5.41) is 0.840. The second-order valence-electron chi connectivity index (χ2n) is 7.90. The first-order valence-electron chi connectivity index (χ1n) is 12.6. The molecule has 0 spiro atoms. The highest BCUT2D eigenvalue weighted by molar-refractivity contribution is 6.69. The third-order valence-corrected chi connectivity index (χ3v) is 8.67. The monoisotopic (exact) mass is 459 g/mol. The van der Waals surface area contributed by atoms with Crippen LogP contribution in [0.25, 0.3) is 0 Å². The molecule has 0 aliphatic heterocycles. The molecule has 0 aromatic heterocycles. The predicted molar refractivity (Wildman–Crippen MR) is 129 cm³/mol. The fourth-order valence-electron chi connectivity index (χ4n) is 3.93. The molecule has 0 aliphatic carbocycles. The van der Waals surface area contributed by atoms with E-state index in [0.717, 1.165) is 24.5 Å². The van der Waals surface area contributed by atoms with Crippen LogP contribution in [0.1, 0.15) is 118 Å². The minimum absolute atomic E-state index is 0.461. The highest BCUT2D eigenvalue weighted by atomic mass is 28.4. The van der Waals surface area contributed by atoms with Crippen LogP contribution in [0.3, 0.4) is 0 Å². The second-order valence-corrected chi connectivity index (χ2v) is 10.5. The zero-order chi connectivity index (χ0) is 23.4. The molecule has 0 saturated carbocycles. The highest BCUT2D eigenvalue weighted by Crippen LogP contribution is 2.30. The van der Waals surface area contributed by atoms with Crippen LogP contribution < -0.4 is 5.90 Å². The van der Waals surface area contributed by atoms with Crippen molar-refractivity contribution in [3.05, 3.63) is 10.8 Å². The van der Waals surface area contributed by atoms with Crippen molar-refractivity contribution in [3.63, 3.8) is 0 Å². The first-order chi connectivity index (χ1) is 15.1. The molecule has 0 bridgehead atoms. The largest absolute Gasteiger partial charge is 0.533 e. The number of hydrogen-bond acceptors (Lipinski definition) is 6. The summed E-state index contributed by atoms with van der Waals surface area (Å²) in [4.78, 5) is 17.3. The third-order valence-electron chi connectivity index (χ3n) is 5.37.